The highest BCUT2D eigenvalue weighted by Crippen LogP contribution is 2.03. The molecule has 0 aliphatic rings. The molecule has 2 rings (SSSR count). The summed E-state index contributed by atoms with van der Waals surface area (Å²) < 4.78 is 0. The van der Waals surface area contributed by atoms with Gasteiger partial charge in [-0.2, -0.15) is 5.26 Å². The molecule has 0 heterocycles. The predicted molar refractivity (Wildman–Crippen MR) is 85.6 cm³/mol. The Kier molecular flexibility index (Phi) is 5.96. The monoisotopic (exact) mass is 279 g/mol. The molecule has 0 radical (unpaired) electrons. The predicted octanol–water partition coefficient (Wildman–Crippen LogP) is 2.78. The summed E-state index contributed by atoms with van der Waals surface area (Å²) in [7, 11) is 2.14. The Morgan fingerprint density at radius 2 is 1.71 bits per heavy atom. The maximum atomic E-state index is 8.75. The Bertz CT molecular complexity index is 570. The third-order valence-corrected chi connectivity index (χ3v) is 3.38. The van der Waals surface area contributed by atoms with Gasteiger partial charge >= 0.3 is 0 Å². The Balaban J connectivity index is 1.66. The molecule has 0 bridgehead atoms. The minimum atomic E-state index is 0.710. The number of hydrogen-bond acceptors (Lipinski definition) is 3. The van der Waals surface area contributed by atoms with Gasteiger partial charge in [0.25, 0.3) is 0 Å². The molecule has 0 spiro atoms. The topological polar surface area (TPSA) is 39.1 Å². The summed E-state index contributed by atoms with van der Waals surface area (Å²) in [5, 5.41) is 12.2. The van der Waals surface area contributed by atoms with Crippen LogP contribution in [0.25, 0.3) is 0 Å². The number of benzene rings is 2. The fourth-order valence-corrected chi connectivity index (χ4v) is 2.17. The second-order valence-corrected chi connectivity index (χ2v) is 5.21. The number of nitrogens with zero attached hydrogens (tertiary/aromatic N) is 2. The van der Waals surface area contributed by atoms with Gasteiger partial charge in [-0.1, -0.05) is 42.5 Å². The number of likely N-dealkylation sites (N-methyl/N-ethyl adjacent to an activating group) is 1. The molecule has 0 saturated carbocycles. The normalized spacial score (nSPS) is 10.5. The number of hydrogen-bond donors (Lipinski definition) is 1. The van der Waals surface area contributed by atoms with Crippen molar-refractivity contribution in [3.05, 3.63) is 71.3 Å². The second kappa shape index (κ2) is 8.21. The molecule has 21 heavy (non-hydrogen) atoms. The van der Waals surface area contributed by atoms with Crippen molar-refractivity contribution in [3.63, 3.8) is 0 Å². The lowest BCUT2D eigenvalue weighted by molar-refractivity contribution is 0.324. The van der Waals surface area contributed by atoms with Crippen LogP contribution < -0.4 is 5.32 Å². The van der Waals surface area contributed by atoms with Crippen molar-refractivity contribution in [3.8, 4) is 6.07 Å². The standard InChI is InChI=1S/C18H21N3/c1-21(15-18-5-3-2-4-6-18)12-11-20-14-17-9-7-16(13-19)8-10-17/h2-10,20H,11-12,14-15H2,1H3. The molecule has 0 atom stereocenters. The maximum Gasteiger partial charge on any atom is 0.0991 e. The highest BCUT2D eigenvalue weighted by Gasteiger charge is 1.99. The molecule has 1 N–H and O–H groups in total. The Morgan fingerprint density at radius 1 is 1.00 bits per heavy atom. The molecule has 2 aromatic rings. The molecule has 0 aliphatic carbocycles. The van der Waals surface area contributed by atoms with Gasteiger partial charge in [0, 0.05) is 26.2 Å². The first kappa shape index (κ1) is 15.2. The van der Waals surface area contributed by atoms with Crippen LogP contribution in [0.4, 0.5) is 0 Å². The summed E-state index contributed by atoms with van der Waals surface area (Å²) in [4.78, 5) is 2.31. The van der Waals surface area contributed by atoms with Gasteiger partial charge in [-0.05, 0) is 30.3 Å². The highest BCUT2D eigenvalue weighted by atomic mass is 15.1. The van der Waals surface area contributed by atoms with Crippen molar-refractivity contribution in [2.24, 2.45) is 0 Å². The smallest absolute Gasteiger partial charge is 0.0991 e. The number of nitriles is 1. The van der Waals surface area contributed by atoms with E-state index >= 15 is 0 Å². The van der Waals surface area contributed by atoms with Crippen LogP contribution in [0.2, 0.25) is 0 Å². The first-order chi connectivity index (χ1) is 10.3. The lowest BCUT2D eigenvalue weighted by Gasteiger charge is -2.17. The molecule has 3 nitrogen and oxygen atoms in total. The second-order valence-electron chi connectivity index (χ2n) is 5.21. The zero-order chi connectivity index (χ0) is 14.9. The molecule has 0 unspecified atom stereocenters. The van der Waals surface area contributed by atoms with E-state index in [1.165, 1.54) is 11.1 Å². The molecule has 2 aromatic carbocycles. The fourth-order valence-electron chi connectivity index (χ4n) is 2.17. The molecular weight excluding hydrogens is 258 g/mol. The van der Waals surface area contributed by atoms with E-state index in [1.54, 1.807) is 0 Å². The van der Waals surface area contributed by atoms with Gasteiger partial charge in [-0.3, -0.25) is 0 Å². The average Bonchev–Trinajstić information content (AvgIpc) is 2.53. The van der Waals surface area contributed by atoms with Crippen molar-refractivity contribution >= 4 is 0 Å². The van der Waals surface area contributed by atoms with E-state index in [9.17, 15) is 0 Å². The molecule has 0 amide bonds. The van der Waals surface area contributed by atoms with Crippen LogP contribution in [-0.2, 0) is 13.1 Å². The van der Waals surface area contributed by atoms with Crippen molar-refractivity contribution in [2.45, 2.75) is 13.1 Å². The van der Waals surface area contributed by atoms with Crippen LogP contribution in [0.5, 0.6) is 0 Å². The summed E-state index contributed by atoms with van der Waals surface area (Å²) >= 11 is 0. The Labute approximate surface area is 126 Å². The van der Waals surface area contributed by atoms with E-state index in [2.05, 4.69) is 47.6 Å². The van der Waals surface area contributed by atoms with Crippen LogP contribution in [0.3, 0.4) is 0 Å². The van der Waals surface area contributed by atoms with E-state index in [1.807, 2.05) is 30.3 Å². The molecule has 0 aliphatic heterocycles. The van der Waals surface area contributed by atoms with Gasteiger partial charge in [0.05, 0.1) is 11.6 Å². The highest BCUT2D eigenvalue weighted by molar-refractivity contribution is 5.31. The van der Waals surface area contributed by atoms with E-state index in [0.29, 0.717) is 5.56 Å². The summed E-state index contributed by atoms with van der Waals surface area (Å²) in [6.45, 7) is 3.76. The average molecular weight is 279 g/mol. The number of rotatable bonds is 7. The van der Waals surface area contributed by atoms with Crippen LogP contribution in [0, 0.1) is 11.3 Å². The molecule has 108 valence electrons. The lowest BCUT2D eigenvalue weighted by Crippen LogP contribution is -2.28. The fraction of sp³-hybridized carbons (Fsp3) is 0.278. The minimum Gasteiger partial charge on any atom is -0.311 e. The SMILES string of the molecule is CN(CCNCc1ccc(C#N)cc1)Cc1ccccc1. The zero-order valence-electron chi connectivity index (χ0n) is 12.4. The number of nitrogens with one attached hydrogen (secondary N) is 1. The van der Waals surface area contributed by atoms with E-state index in [0.717, 1.165) is 26.2 Å². The van der Waals surface area contributed by atoms with Gasteiger partial charge < -0.3 is 10.2 Å². The van der Waals surface area contributed by atoms with Gasteiger partial charge in [-0.25, -0.2) is 0 Å². The van der Waals surface area contributed by atoms with Crippen molar-refractivity contribution < 1.29 is 0 Å². The van der Waals surface area contributed by atoms with E-state index in [-0.39, 0.29) is 0 Å². The van der Waals surface area contributed by atoms with Gasteiger partial charge in [0.1, 0.15) is 0 Å². The quantitative estimate of drug-likeness (QED) is 0.792. The summed E-state index contributed by atoms with van der Waals surface area (Å²) in [6.07, 6.45) is 0. The molecular formula is C18H21N3. The van der Waals surface area contributed by atoms with Crippen molar-refractivity contribution in [1.29, 1.82) is 5.26 Å². The van der Waals surface area contributed by atoms with E-state index < -0.39 is 0 Å². The van der Waals surface area contributed by atoms with Crippen molar-refractivity contribution in [2.75, 3.05) is 20.1 Å². The first-order valence-corrected chi connectivity index (χ1v) is 7.20. The van der Waals surface area contributed by atoms with Crippen LogP contribution in [-0.4, -0.2) is 25.0 Å². The zero-order valence-corrected chi connectivity index (χ0v) is 12.4. The minimum absolute atomic E-state index is 0.710. The van der Waals surface area contributed by atoms with Crippen LogP contribution in [0.15, 0.2) is 54.6 Å². The van der Waals surface area contributed by atoms with Gasteiger partial charge in [0.2, 0.25) is 0 Å². The molecule has 3 heteroatoms. The van der Waals surface area contributed by atoms with Crippen LogP contribution >= 0.6 is 0 Å². The maximum absolute atomic E-state index is 8.75. The summed E-state index contributed by atoms with van der Waals surface area (Å²) in [5.74, 6) is 0. The summed E-state index contributed by atoms with van der Waals surface area (Å²) in [5.41, 5.74) is 3.26. The van der Waals surface area contributed by atoms with E-state index in [4.69, 9.17) is 5.26 Å². The van der Waals surface area contributed by atoms with Gasteiger partial charge in [0.15, 0.2) is 0 Å². The summed E-state index contributed by atoms with van der Waals surface area (Å²) in [6, 6.07) is 20.4. The van der Waals surface area contributed by atoms with Crippen LogP contribution in [0.1, 0.15) is 16.7 Å². The Morgan fingerprint density at radius 3 is 2.38 bits per heavy atom. The third kappa shape index (κ3) is 5.39. The molecule has 0 aromatic heterocycles. The van der Waals surface area contributed by atoms with Gasteiger partial charge in [-0.15, -0.1) is 0 Å². The Hall–Kier alpha value is -2.15. The third-order valence-electron chi connectivity index (χ3n) is 3.38. The van der Waals surface area contributed by atoms with Crippen molar-refractivity contribution in [1.82, 2.24) is 10.2 Å². The lowest BCUT2D eigenvalue weighted by atomic mass is 10.1. The first-order valence-electron chi connectivity index (χ1n) is 7.20. The molecule has 0 saturated heterocycles. The molecule has 0 fully saturated rings. The largest absolute Gasteiger partial charge is 0.311 e.